The third kappa shape index (κ3) is 1.82. The number of hydrogen-bond acceptors (Lipinski definition) is 4. The summed E-state index contributed by atoms with van der Waals surface area (Å²) in [6.45, 7) is 0. The zero-order valence-electron chi connectivity index (χ0n) is 7.68. The maximum atomic E-state index is 10.7. The number of nitrogens with zero attached hydrogens (tertiary/aromatic N) is 1. The van der Waals surface area contributed by atoms with Gasteiger partial charge < -0.3 is 10.8 Å². The van der Waals surface area contributed by atoms with Crippen LogP contribution in [-0.2, 0) is 0 Å². The topological polar surface area (TPSA) is 76.2 Å². The Morgan fingerprint density at radius 2 is 2.33 bits per heavy atom. The lowest BCUT2D eigenvalue weighted by molar-refractivity contribution is 0.0702. The second-order valence-electron chi connectivity index (χ2n) is 2.94. The van der Waals surface area contributed by atoms with E-state index in [1.807, 2.05) is 6.07 Å². The van der Waals surface area contributed by atoms with E-state index in [-0.39, 0.29) is 0 Å². The Morgan fingerprint density at radius 3 is 2.93 bits per heavy atom. The number of carbonyl (C=O) groups is 1. The lowest BCUT2D eigenvalue weighted by Crippen LogP contribution is -1.93. The van der Waals surface area contributed by atoms with Crippen LogP contribution in [0, 0.1) is 0 Å². The van der Waals surface area contributed by atoms with Crippen molar-refractivity contribution in [2.75, 3.05) is 5.73 Å². The van der Waals surface area contributed by atoms with Crippen LogP contribution in [0.4, 0.5) is 5.82 Å². The van der Waals surface area contributed by atoms with Crippen LogP contribution in [0.15, 0.2) is 29.8 Å². The Labute approximate surface area is 90.0 Å². The summed E-state index contributed by atoms with van der Waals surface area (Å²) in [5.41, 5.74) is 7.24. The molecule has 0 radical (unpaired) electrons. The maximum absolute atomic E-state index is 10.7. The number of aromatic nitrogens is 1. The Morgan fingerprint density at radius 1 is 1.53 bits per heavy atom. The van der Waals surface area contributed by atoms with Crippen molar-refractivity contribution in [1.29, 1.82) is 0 Å². The zero-order valence-corrected chi connectivity index (χ0v) is 8.49. The molecular weight excluding hydrogens is 212 g/mol. The molecule has 15 heavy (non-hydrogen) atoms. The smallest absolute Gasteiger partial charge is 0.345 e. The van der Waals surface area contributed by atoms with Crippen molar-refractivity contribution in [2.45, 2.75) is 0 Å². The lowest BCUT2D eigenvalue weighted by atomic mass is 10.1. The minimum Gasteiger partial charge on any atom is -0.477 e. The molecule has 0 fully saturated rings. The highest BCUT2D eigenvalue weighted by Crippen LogP contribution is 2.28. The summed E-state index contributed by atoms with van der Waals surface area (Å²) in [7, 11) is 0. The Balaban J connectivity index is 2.46. The molecule has 0 aromatic carbocycles. The molecule has 4 nitrogen and oxygen atoms in total. The SMILES string of the molecule is Nc1ncccc1-c1csc(C(=O)O)c1. The van der Waals surface area contributed by atoms with Gasteiger partial charge in [0.05, 0.1) is 0 Å². The van der Waals surface area contributed by atoms with Crippen molar-refractivity contribution in [3.63, 3.8) is 0 Å². The van der Waals surface area contributed by atoms with Gasteiger partial charge in [0.25, 0.3) is 0 Å². The fourth-order valence-corrected chi connectivity index (χ4v) is 2.00. The van der Waals surface area contributed by atoms with Crippen molar-refractivity contribution < 1.29 is 9.90 Å². The van der Waals surface area contributed by atoms with Gasteiger partial charge >= 0.3 is 5.97 Å². The normalized spacial score (nSPS) is 10.1. The summed E-state index contributed by atoms with van der Waals surface area (Å²) in [5, 5.41) is 10.5. The van der Waals surface area contributed by atoms with E-state index in [0.29, 0.717) is 10.7 Å². The molecular formula is C10H8N2O2S. The van der Waals surface area contributed by atoms with Crippen molar-refractivity contribution in [3.8, 4) is 11.1 Å². The molecule has 2 aromatic rings. The third-order valence-corrected chi connectivity index (χ3v) is 2.88. The van der Waals surface area contributed by atoms with Crippen LogP contribution in [0.25, 0.3) is 11.1 Å². The van der Waals surface area contributed by atoms with Gasteiger partial charge in [-0.1, -0.05) is 0 Å². The number of nitrogen functional groups attached to an aromatic ring is 1. The number of anilines is 1. The number of nitrogens with two attached hydrogens (primary N) is 1. The monoisotopic (exact) mass is 220 g/mol. The summed E-state index contributed by atoms with van der Waals surface area (Å²) in [4.78, 5) is 14.9. The molecule has 0 saturated heterocycles. The first-order valence-corrected chi connectivity index (χ1v) is 5.09. The van der Waals surface area contributed by atoms with Crippen molar-refractivity contribution in [3.05, 3.63) is 34.7 Å². The maximum Gasteiger partial charge on any atom is 0.345 e. The molecule has 76 valence electrons. The molecule has 2 aromatic heterocycles. The number of pyridine rings is 1. The first kappa shape index (κ1) is 9.67. The van der Waals surface area contributed by atoms with Crippen LogP contribution < -0.4 is 5.73 Å². The van der Waals surface area contributed by atoms with E-state index in [4.69, 9.17) is 10.8 Å². The molecule has 0 aliphatic rings. The summed E-state index contributed by atoms with van der Waals surface area (Å²) in [6.07, 6.45) is 1.60. The lowest BCUT2D eigenvalue weighted by Gasteiger charge is -1.99. The van der Waals surface area contributed by atoms with Crippen LogP contribution in [0.1, 0.15) is 9.67 Å². The average molecular weight is 220 g/mol. The standard InChI is InChI=1S/C10H8N2O2S/c11-9-7(2-1-3-12-9)6-4-8(10(13)14)15-5-6/h1-5H,(H2,11,12)(H,13,14). The minimum atomic E-state index is -0.922. The van der Waals surface area contributed by atoms with Gasteiger partial charge in [0, 0.05) is 11.8 Å². The van der Waals surface area contributed by atoms with Crippen LogP contribution in [0.5, 0.6) is 0 Å². The molecule has 2 heterocycles. The third-order valence-electron chi connectivity index (χ3n) is 1.96. The molecule has 5 heteroatoms. The molecule has 0 atom stereocenters. The first-order chi connectivity index (χ1) is 7.18. The van der Waals surface area contributed by atoms with Crippen molar-refractivity contribution >= 4 is 23.1 Å². The van der Waals surface area contributed by atoms with Gasteiger partial charge in [-0.25, -0.2) is 9.78 Å². The molecule has 0 saturated carbocycles. The van der Waals surface area contributed by atoms with Gasteiger partial charge in [-0.2, -0.15) is 0 Å². The van der Waals surface area contributed by atoms with Gasteiger partial charge in [-0.3, -0.25) is 0 Å². The first-order valence-electron chi connectivity index (χ1n) is 4.21. The van der Waals surface area contributed by atoms with Gasteiger partial charge in [0.15, 0.2) is 0 Å². The van der Waals surface area contributed by atoms with Gasteiger partial charge in [0.2, 0.25) is 0 Å². The second-order valence-corrected chi connectivity index (χ2v) is 3.85. The van der Waals surface area contributed by atoms with Crippen molar-refractivity contribution in [2.24, 2.45) is 0 Å². The molecule has 0 unspecified atom stereocenters. The summed E-state index contributed by atoms with van der Waals surface area (Å²) in [6, 6.07) is 5.18. The molecule has 0 aliphatic heterocycles. The number of thiophene rings is 1. The van der Waals surface area contributed by atoms with E-state index in [9.17, 15) is 4.79 Å². The summed E-state index contributed by atoms with van der Waals surface area (Å²) in [5.74, 6) is -0.513. The van der Waals surface area contributed by atoms with Gasteiger partial charge in [-0.05, 0) is 29.1 Å². The van der Waals surface area contributed by atoms with Gasteiger partial charge in [0.1, 0.15) is 10.7 Å². The van der Waals surface area contributed by atoms with E-state index >= 15 is 0 Å². The predicted molar refractivity (Wildman–Crippen MR) is 58.9 cm³/mol. The summed E-state index contributed by atoms with van der Waals surface area (Å²) >= 11 is 1.18. The summed E-state index contributed by atoms with van der Waals surface area (Å²) < 4.78 is 0. The molecule has 0 amide bonds. The fourth-order valence-electron chi connectivity index (χ4n) is 1.25. The number of rotatable bonds is 2. The fraction of sp³-hybridized carbons (Fsp3) is 0. The van der Waals surface area contributed by atoms with E-state index in [2.05, 4.69) is 4.98 Å². The Kier molecular flexibility index (Phi) is 2.39. The zero-order chi connectivity index (χ0) is 10.8. The Bertz CT molecular complexity index is 508. The highest BCUT2D eigenvalue weighted by molar-refractivity contribution is 7.12. The van der Waals surface area contributed by atoms with Gasteiger partial charge in [-0.15, -0.1) is 11.3 Å². The van der Waals surface area contributed by atoms with Crippen LogP contribution in [0.2, 0.25) is 0 Å². The second kappa shape index (κ2) is 3.70. The number of carboxylic acid groups (broad SMARTS) is 1. The predicted octanol–water partition coefficient (Wildman–Crippen LogP) is 2.09. The molecule has 0 bridgehead atoms. The van der Waals surface area contributed by atoms with E-state index in [0.717, 1.165) is 11.1 Å². The highest BCUT2D eigenvalue weighted by atomic mass is 32.1. The Hall–Kier alpha value is -1.88. The van der Waals surface area contributed by atoms with E-state index in [1.165, 1.54) is 11.3 Å². The van der Waals surface area contributed by atoms with E-state index < -0.39 is 5.97 Å². The van der Waals surface area contributed by atoms with E-state index in [1.54, 1.807) is 23.7 Å². The largest absolute Gasteiger partial charge is 0.477 e. The average Bonchev–Trinajstić information content (AvgIpc) is 2.67. The van der Waals surface area contributed by atoms with Crippen LogP contribution in [-0.4, -0.2) is 16.1 Å². The number of carboxylic acids is 1. The molecule has 0 aliphatic carbocycles. The highest BCUT2D eigenvalue weighted by Gasteiger charge is 2.09. The van der Waals surface area contributed by atoms with Crippen LogP contribution in [0.3, 0.4) is 0 Å². The number of hydrogen-bond donors (Lipinski definition) is 2. The minimum absolute atomic E-state index is 0.299. The molecule has 0 spiro atoms. The molecule has 3 N–H and O–H groups in total. The van der Waals surface area contributed by atoms with Crippen molar-refractivity contribution in [1.82, 2.24) is 4.98 Å². The quantitative estimate of drug-likeness (QED) is 0.812. The number of aromatic carboxylic acids is 1. The van der Waals surface area contributed by atoms with Crippen LogP contribution >= 0.6 is 11.3 Å². The molecule has 2 rings (SSSR count).